The van der Waals surface area contributed by atoms with Gasteiger partial charge in [0.1, 0.15) is 0 Å². The number of halogens is 2. The van der Waals surface area contributed by atoms with E-state index in [1.54, 1.807) is 0 Å². The molecule has 0 aliphatic carbocycles. The van der Waals surface area contributed by atoms with E-state index in [1.165, 1.54) is 0 Å². The summed E-state index contributed by atoms with van der Waals surface area (Å²) >= 11 is 0. The van der Waals surface area contributed by atoms with Crippen LogP contribution in [0.5, 0.6) is 5.75 Å². The predicted molar refractivity (Wildman–Crippen MR) is 65.0 cm³/mol. The smallest absolute Gasteiger partial charge is 0.304 e. The number of hydrogen-bond acceptors (Lipinski definition) is 4. The van der Waals surface area contributed by atoms with E-state index in [1.807, 2.05) is 0 Å². The van der Waals surface area contributed by atoms with Crippen LogP contribution in [0.1, 0.15) is 6.42 Å². The van der Waals surface area contributed by atoms with E-state index >= 15 is 0 Å². The minimum atomic E-state index is -4.17. The van der Waals surface area contributed by atoms with Gasteiger partial charge in [0.05, 0.1) is 18.4 Å². The van der Waals surface area contributed by atoms with Crippen molar-refractivity contribution in [3.8, 4) is 5.75 Å². The highest BCUT2D eigenvalue weighted by Gasteiger charge is 2.24. The number of sulfonamides is 1. The quantitative estimate of drug-likeness (QED) is 0.849. The van der Waals surface area contributed by atoms with Crippen molar-refractivity contribution in [2.45, 2.75) is 11.3 Å². The molecule has 0 bridgehead atoms. The lowest BCUT2D eigenvalue weighted by Gasteiger charge is -2.16. The van der Waals surface area contributed by atoms with Crippen LogP contribution < -0.4 is 4.74 Å². The van der Waals surface area contributed by atoms with E-state index in [-0.39, 0.29) is 6.54 Å². The Kier molecular flexibility index (Phi) is 5.01. The number of carboxylic acids is 1. The molecule has 1 rings (SSSR count). The highest BCUT2D eigenvalue weighted by atomic mass is 32.2. The molecule has 0 aliphatic rings. The second kappa shape index (κ2) is 6.14. The van der Waals surface area contributed by atoms with E-state index in [0.29, 0.717) is 16.4 Å². The summed E-state index contributed by atoms with van der Waals surface area (Å²) in [7, 11) is -2.00. The number of benzene rings is 1. The van der Waals surface area contributed by atoms with E-state index in [9.17, 15) is 22.0 Å². The first-order valence-corrected chi connectivity index (χ1v) is 6.85. The number of hydrogen-bond donors (Lipinski definition) is 1. The fraction of sp³-hybridized carbons (Fsp3) is 0.364. The number of aliphatic carboxylic acids is 1. The first-order valence-electron chi connectivity index (χ1n) is 5.41. The molecule has 0 spiro atoms. The topological polar surface area (TPSA) is 83.9 Å². The molecule has 1 aromatic rings. The van der Waals surface area contributed by atoms with Crippen LogP contribution in [0.3, 0.4) is 0 Å². The van der Waals surface area contributed by atoms with Gasteiger partial charge in [-0.1, -0.05) is 0 Å². The van der Waals surface area contributed by atoms with Crippen molar-refractivity contribution in [1.29, 1.82) is 0 Å². The van der Waals surface area contributed by atoms with E-state index in [4.69, 9.17) is 5.11 Å². The molecule has 1 aromatic carbocycles. The largest absolute Gasteiger partial charge is 0.491 e. The standard InChI is InChI=1S/C11H13F2NO5S/c1-14(4-3-10(15)16)20(17,18)7-5-8(12)11(19-2)9(13)6-7/h5-6H,3-4H2,1-2H3,(H,15,16). The van der Waals surface area contributed by atoms with Crippen LogP contribution in [-0.2, 0) is 14.8 Å². The fourth-order valence-corrected chi connectivity index (χ4v) is 2.63. The van der Waals surface area contributed by atoms with Crippen LogP contribution in [0.25, 0.3) is 0 Å². The lowest BCUT2D eigenvalue weighted by atomic mass is 10.3. The Bertz CT molecular complexity index is 594. The second-order valence-electron chi connectivity index (χ2n) is 3.89. The van der Waals surface area contributed by atoms with Gasteiger partial charge in [-0.3, -0.25) is 4.79 Å². The normalized spacial score (nSPS) is 11.7. The summed E-state index contributed by atoms with van der Waals surface area (Å²) in [5, 5.41) is 8.50. The SMILES string of the molecule is COc1c(F)cc(S(=O)(=O)N(C)CCC(=O)O)cc1F. The number of methoxy groups -OCH3 is 1. The van der Waals surface area contributed by atoms with Crippen molar-refractivity contribution in [2.24, 2.45) is 0 Å². The molecule has 0 aliphatic heterocycles. The number of carboxylic acid groups (broad SMARTS) is 1. The van der Waals surface area contributed by atoms with Crippen LogP contribution in [-0.4, -0.2) is 44.5 Å². The van der Waals surface area contributed by atoms with Crippen molar-refractivity contribution in [3.63, 3.8) is 0 Å². The molecule has 112 valence electrons. The van der Waals surface area contributed by atoms with E-state index in [0.717, 1.165) is 14.2 Å². The van der Waals surface area contributed by atoms with Gasteiger partial charge >= 0.3 is 5.97 Å². The highest BCUT2D eigenvalue weighted by Crippen LogP contribution is 2.26. The average molecular weight is 309 g/mol. The van der Waals surface area contributed by atoms with Gasteiger partial charge in [-0.2, -0.15) is 0 Å². The Morgan fingerprint density at radius 1 is 1.35 bits per heavy atom. The average Bonchev–Trinajstić information content (AvgIpc) is 2.35. The summed E-state index contributed by atoms with van der Waals surface area (Å²) in [4.78, 5) is 9.79. The Hall–Kier alpha value is -1.74. The molecule has 0 radical (unpaired) electrons. The Balaban J connectivity index is 3.13. The Morgan fingerprint density at radius 3 is 2.25 bits per heavy atom. The summed E-state index contributed by atoms with van der Waals surface area (Å²) in [6.07, 6.45) is -0.420. The van der Waals surface area contributed by atoms with Gasteiger partial charge in [-0.25, -0.2) is 21.5 Å². The van der Waals surface area contributed by atoms with Gasteiger partial charge in [0, 0.05) is 13.6 Å². The highest BCUT2D eigenvalue weighted by molar-refractivity contribution is 7.89. The number of ether oxygens (including phenoxy) is 1. The Labute approximate surface area is 114 Å². The molecular weight excluding hydrogens is 296 g/mol. The van der Waals surface area contributed by atoms with Gasteiger partial charge in [0.15, 0.2) is 17.4 Å². The summed E-state index contributed by atoms with van der Waals surface area (Å²) in [6.45, 7) is -0.313. The monoisotopic (exact) mass is 309 g/mol. The van der Waals surface area contributed by atoms with Crippen molar-refractivity contribution in [1.82, 2.24) is 4.31 Å². The minimum Gasteiger partial charge on any atom is -0.491 e. The summed E-state index contributed by atoms with van der Waals surface area (Å²) in [5.74, 6) is -4.17. The molecule has 6 nitrogen and oxygen atoms in total. The maximum Gasteiger partial charge on any atom is 0.304 e. The van der Waals surface area contributed by atoms with Crippen LogP contribution in [0.2, 0.25) is 0 Å². The second-order valence-corrected chi connectivity index (χ2v) is 5.94. The zero-order chi connectivity index (χ0) is 15.5. The van der Waals surface area contributed by atoms with Gasteiger partial charge in [-0.05, 0) is 12.1 Å². The lowest BCUT2D eigenvalue weighted by molar-refractivity contribution is -0.137. The van der Waals surface area contributed by atoms with Gasteiger partial charge < -0.3 is 9.84 Å². The first-order chi connectivity index (χ1) is 9.20. The zero-order valence-corrected chi connectivity index (χ0v) is 11.6. The summed E-state index contributed by atoms with van der Waals surface area (Å²) in [5.41, 5.74) is 0. The van der Waals surface area contributed by atoms with Crippen molar-refractivity contribution < 1.29 is 31.8 Å². The molecule has 0 saturated carbocycles. The van der Waals surface area contributed by atoms with Gasteiger partial charge in [-0.15, -0.1) is 0 Å². The van der Waals surface area contributed by atoms with Crippen molar-refractivity contribution in [3.05, 3.63) is 23.8 Å². The molecule has 0 aromatic heterocycles. The summed E-state index contributed by atoms with van der Waals surface area (Å²) < 4.78 is 56.1. The molecule has 20 heavy (non-hydrogen) atoms. The fourth-order valence-electron chi connectivity index (χ4n) is 1.43. The van der Waals surface area contributed by atoms with E-state index in [2.05, 4.69) is 4.74 Å². The summed E-state index contributed by atoms with van der Waals surface area (Å²) in [6, 6.07) is 1.24. The molecule has 1 N–H and O–H groups in total. The molecule has 0 unspecified atom stereocenters. The molecular formula is C11H13F2NO5S. The molecule has 0 heterocycles. The van der Waals surface area contributed by atoms with Gasteiger partial charge in [0.25, 0.3) is 0 Å². The lowest BCUT2D eigenvalue weighted by Crippen LogP contribution is -2.29. The zero-order valence-electron chi connectivity index (χ0n) is 10.8. The maximum atomic E-state index is 13.5. The predicted octanol–water partition coefficient (Wildman–Crippen LogP) is 1.07. The molecule has 0 atom stereocenters. The third kappa shape index (κ3) is 3.42. The van der Waals surface area contributed by atoms with Crippen LogP contribution in [0.4, 0.5) is 8.78 Å². The van der Waals surface area contributed by atoms with Crippen LogP contribution >= 0.6 is 0 Å². The van der Waals surface area contributed by atoms with Crippen LogP contribution in [0, 0.1) is 11.6 Å². The number of nitrogens with zero attached hydrogens (tertiary/aromatic N) is 1. The molecule has 0 fully saturated rings. The molecule has 0 amide bonds. The van der Waals surface area contributed by atoms with Crippen molar-refractivity contribution >= 4 is 16.0 Å². The van der Waals surface area contributed by atoms with E-state index < -0.39 is 44.7 Å². The third-order valence-electron chi connectivity index (χ3n) is 2.52. The van der Waals surface area contributed by atoms with Crippen molar-refractivity contribution in [2.75, 3.05) is 20.7 Å². The number of carbonyl (C=O) groups is 1. The Morgan fingerprint density at radius 2 is 1.85 bits per heavy atom. The van der Waals surface area contributed by atoms with Gasteiger partial charge in [0.2, 0.25) is 10.0 Å². The molecule has 9 heteroatoms. The number of rotatable bonds is 6. The minimum absolute atomic E-state index is 0.313. The third-order valence-corrected chi connectivity index (χ3v) is 4.36. The first kappa shape index (κ1) is 16.3. The van der Waals surface area contributed by atoms with Crippen LogP contribution in [0.15, 0.2) is 17.0 Å². The molecule has 0 saturated heterocycles. The maximum absolute atomic E-state index is 13.5.